The Bertz CT molecular complexity index is 581. The summed E-state index contributed by atoms with van der Waals surface area (Å²) >= 11 is 1.62. The Morgan fingerprint density at radius 1 is 1.05 bits per heavy atom. The summed E-state index contributed by atoms with van der Waals surface area (Å²) < 4.78 is 10.5. The van der Waals surface area contributed by atoms with Gasteiger partial charge in [-0.25, -0.2) is 0 Å². The molecule has 0 radical (unpaired) electrons. The van der Waals surface area contributed by atoms with E-state index in [4.69, 9.17) is 9.47 Å². The molecule has 0 aromatic heterocycles. The van der Waals surface area contributed by atoms with E-state index in [1.807, 2.05) is 12.1 Å². The highest BCUT2D eigenvalue weighted by Crippen LogP contribution is 2.32. The highest BCUT2D eigenvalue weighted by Gasteiger charge is 2.14. The summed E-state index contributed by atoms with van der Waals surface area (Å²) in [5, 5.41) is 10.4. The van der Waals surface area contributed by atoms with Gasteiger partial charge >= 0.3 is 0 Å². The molecule has 1 N–H and O–H groups in total. The molecular weight excluding hydrogens is 284 g/mol. The lowest BCUT2D eigenvalue weighted by Gasteiger charge is -2.15. The normalized spacial score (nSPS) is 12.0. The average molecular weight is 304 g/mol. The fraction of sp³-hybridized carbons (Fsp3) is 0.294. The summed E-state index contributed by atoms with van der Waals surface area (Å²) in [6, 6.07) is 13.7. The molecule has 2 rings (SSSR count). The van der Waals surface area contributed by atoms with E-state index >= 15 is 0 Å². The number of rotatable bonds is 6. The van der Waals surface area contributed by atoms with E-state index in [0.29, 0.717) is 17.3 Å². The Kier molecular flexibility index (Phi) is 5.53. The van der Waals surface area contributed by atoms with Crippen LogP contribution in [-0.2, 0) is 0 Å². The second-order valence-electron chi connectivity index (χ2n) is 4.75. The molecule has 0 aliphatic carbocycles. The van der Waals surface area contributed by atoms with E-state index < -0.39 is 6.10 Å². The molecule has 1 unspecified atom stereocenters. The first-order valence-electron chi connectivity index (χ1n) is 6.73. The van der Waals surface area contributed by atoms with E-state index in [1.54, 1.807) is 32.0 Å². The SMILES string of the molecule is COc1ccc(C(O)CSc2ccc(C)cc2)c(OC)c1. The summed E-state index contributed by atoms with van der Waals surface area (Å²) in [6.07, 6.45) is -0.586. The lowest BCUT2D eigenvalue weighted by molar-refractivity contribution is 0.199. The second kappa shape index (κ2) is 7.38. The van der Waals surface area contributed by atoms with Crippen LogP contribution in [-0.4, -0.2) is 25.1 Å². The summed E-state index contributed by atoms with van der Waals surface area (Å²) in [7, 11) is 3.20. The van der Waals surface area contributed by atoms with Crippen molar-refractivity contribution in [3.8, 4) is 11.5 Å². The van der Waals surface area contributed by atoms with Gasteiger partial charge in [-0.1, -0.05) is 17.7 Å². The highest BCUT2D eigenvalue weighted by molar-refractivity contribution is 7.99. The number of hydrogen-bond donors (Lipinski definition) is 1. The number of ether oxygens (including phenoxy) is 2. The van der Waals surface area contributed by atoms with Crippen LogP contribution in [0, 0.1) is 6.92 Å². The first-order valence-corrected chi connectivity index (χ1v) is 7.72. The molecular formula is C17H20O3S. The van der Waals surface area contributed by atoms with E-state index in [2.05, 4.69) is 31.2 Å². The molecule has 0 saturated heterocycles. The zero-order valence-electron chi connectivity index (χ0n) is 12.5. The number of aliphatic hydroxyl groups excluding tert-OH is 1. The van der Waals surface area contributed by atoms with Gasteiger partial charge in [0, 0.05) is 22.3 Å². The minimum atomic E-state index is -0.586. The van der Waals surface area contributed by atoms with Crippen LogP contribution in [0.1, 0.15) is 17.2 Å². The third kappa shape index (κ3) is 4.16. The molecule has 0 heterocycles. The molecule has 2 aromatic rings. The van der Waals surface area contributed by atoms with Gasteiger partial charge in [0.2, 0.25) is 0 Å². The van der Waals surface area contributed by atoms with Crippen molar-refractivity contribution in [2.75, 3.05) is 20.0 Å². The fourth-order valence-corrected chi connectivity index (χ4v) is 2.85. The Morgan fingerprint density at radius 2 is 1.76 bits per heavy atom. The van der Waals surface area contributed by atoms with Gasteiger partial charge in [-0.3, -0.25) is 0 Å². The van der Waals surface area contributed by atoms with E-state index in [-0.39, 0.29) is 0 Å². The molecule has 2 aromatic carbocycles. The van der Waals surface area contributed by atoms with Crippen molar-refractivity contribution in [2.24, 2.45) is 0 Å². The van der Waals surface area contributed by atoms with Gasteiger partial charge in [0.05, 0.1) is 20.3 Å². The number of aliphatic hydroxyl groups is 1. The molecule has 3 nitrogen and oxygen atoms in total. The zero-order chi connectivity index (χ0) is 15.2. The monoisotopic (exact) mass is 304 g/mol. The van der Waals surface area contributed by atoms with Gasteiger partial charge in [-0.2, -0.15) is 0 Å². The van der Waals surface area contributed by atoms with Crippen molar-refractivity contribution in [1.82, 2.24) is 0 Å². The molecule has 0 bridgehead atoms. The molecule has 4 heteroatoms. The van der Waals surface area contributed by atoms with Crippen molar-refractivity contribution < 1.29 is 14.6 Å². The van der Waals surface area contributed by atoms with Crippen LogP contribution in [0.3, 0.4) is 0 Å². The zero-order valence-corrected chi connectivity index (χ0v) is 13.3. The van der Waals surface area contributed by atoms with E-state index in [0.717, 1.165) is 10.5 Å². The molecule has 21 heavy (non-hydrogen) atoms. The van der Waals surface area contributed by atoms with E-state index in [1.165, 1.54) is 5.56 Å². The van der Waals surface area contributed by atoms with Gasteiger partial charge in [0.15, 0.2) is 0 Å². The fourth-order valence-electron chi connectivity index (χ4n) is 1.99. The maximum absolute atomic E-state index is 10.4. The minimum absolute atomic E-state index is 0.575. The summed E-state index contributed by atoms with van der Waals surface area (Å²) in [4.78, 5) is 1.15. The first kappa shape index (κ1) is 15.7. The third-order valence-corrected chi connectivity index (χ3v) is 4.32. The van der Waals surface area contributed by atoms with Crippen LogP contribution in [0.25, 0.3) is 0 Å². The van der Waals surface area contributed by atoms with Crippen molar-refractivity contribution in [3.05, 3.63) is 53.6 Å². The van der Waals surface area contributed by atoms with Gasteiger partial charge in [-0.15, -0.1) is 11.8 Å². The number of benzene rings is 2. The van der Waals surface area contributed by atoms with Gasteiger partial charge in [0.25, 0.3) is 0 Å². The van der Waals surface area contributed by atoms with Crippen molar-refractivity contribution in [3.63, 3.8) is 0 Å². The van der Waals surface area contributed by atoms with Crippen molar-refractivity contribution in [2.45, 2.75) is 17.9 Å². The van der Waals surface area contributed by atoms with Crippen LogP contribution in [0.4, 0.5) is 0 Å². The quantitative estimate of drug-likeness (QED) is 0.823. The smallest absolute Gasteiger partial charge is 0.128 e. The average Bonchev–Trinajstić information content (AvgIpc) is 2.53. The van der Waals surface area contributed by atoms with E-state index in [9.17, 15) is 5.11 Å². The second-order valence-corrected chi connectivity index (χ2v) is 5.84. The Balaban J connectivity index is 2.05. The molecule has 112 valence electrons. The molecule has 0 aliphatic rings. The third-order valence-electron chi connectivity index (χ3n) is 3.23. The number of thioether (sulfide) groups is 1. The van der Waals surface area contributed by atoms with Crippen molar-refractivity contribution >= 4 is 11.8 Å². The van der Waals surface area contributed by atoms with Gasteiger partial charge in [0.1, 0.15) is 11.5 Å². The van der Waals surface area contributed by atoms with Crippen LogP contribution < -0.4 is 9.47 Å². The molecule has 0 aliphatic heterocycles. The Morgan fingerprint density at radius 3 is 2.38 bits per heavy atom. The number of methoxy groups -OCH3 is 2. The summed E-state index contributed by atoms with van der Waals surface area (Å²) in [5.41, 5.74) is 2.01. The molecule has 0 saturated carbocycles. The first-order chi connectivity index (χ1) is 10.1. The Labute approximate surface area is 129 Å². The topological polar surface area (TPSA) is 38.7 Å². The van der Waals surface area contributed by atoms with Gasteiger partial charge < -0.3 is 14.6 Å². The highest BCUT2D eigenvalue weighted by atomic mass is 32.2. The summed E-state index contributed by atoms with van der Waals surface area (Å²) in [5.74, 6) is 1.94. The molecule has 0 spiro atoms. The van der Waals surface area contributed by atoms with Crippen LogP contribution in [0.15, 0.2) is 47.4 Å². The number of hydrogen-bond acceptors (Lipinski definition) is 4. The predicted octanol–water partition coefficient (Wildman–Crippen LogP) is 3.84. The maximum atomic E-state index is 10.4. The standard InChI is InChI=1S/C17H20O3S/c1-12-4-7-14(8-5-12)21-11-16(18)15-9-6-13(19-2)10-17(15)20-3/h4-10,16,18H,11H2,1-3H3. The lowest BCUT2D eigenvalue weighted by atomic mass is 10.1. The molecule has 0 fully saturated rings. The molecule has 1 atom stereocenters. The maximum Gasteiger partial charge on any atom is 0.128 e. The molecule has 0 amide bonds. The van der Waals surface area contributed by atoms with Crippen LogP contribution in [0.2, 0.25) is 0 Å². The summed E-state index contributed by atoms with van der Waals surface area (Å²) in [6.45, 7) is 2.06. The van der Waals surface area contributed by atoms with Crippen molar-refractivity contribution in [1.29, 1.82) is 0 Å². The Hall–Kier alpha value is -1.65. The largest absolute Gasteiger partial charge is 0.497 e. The predicted molar refractivity (Wildman–Crippen MR) is 86.4 cm³/mol. The minimum Gasteiger partial charge on any atom is -0.497 e. The lowest BCUT2D eigenvalue weighted by Crippen LogP contribution is -2.03. The van der Waals surface area contributed by atoms with Crippen LogP contribution in [0.5, 0.6) is 11.5 Å². The van der Waals surface area contributed by atoms with Gasteiger partial charge in [-0.05, 0) is 31.2 Å². The number of aryl methyl sites for hydroxylation is 1. The van der Waals surface area contributed by atoms with Crippen LogP contribution >= 0.6 is 11.8 Å².